The van der Waals surface area contributed by atoms with Crippen molar-refractivity contribution in [1.82, 2.24) is 4.90 Å². The first-order chi connectivity index (χ1) is 9.65. The first-order valence-corrected chi connectivity index (χ1v) is 7.72. The molecular weight excluding hydrogens is 268 g/mol. The van der Waals surface area contributed by atoms with Crippen molar-refractivity contribution in [3.05, 3.63) is 57.3 Å². The molecule has 4 heteroatoms. The fourth-order valence-electron chi connectivity index (χ4n) is 2.79. The molecule has 1 aromatic carbocycles. The molecule has 0 spiro atoms. The zero-order valence-corrected chi connectivity index (χ0v) is 12.3. The Kier molecular flexibility index (Phi) is 3.59. The van der Waals surface area contributed by atoms with Gasteiger partial charge in [0.05, 0.1) is 0 Å². The van der Waals surface area contributed by atoms with Crippen molar-refractivity contribution in [1.29, 1.82) is 0 Å². The van der Waals surface area contributed by atoms with Gasteiger partial charge in [-0.1, -0.05) is 12.1 Å². The van der Waals surface area contributed by atoms with Gasteiger partial charge in [0.25, 0.3) is 0 Å². The molecule has 2 aromatic rings. The van der Waals surface area contributed by atoms with Gasteiger partial charge in [0.15, 0.2) is 0 Å². The molecular formula is C16H18N2OS. The van der Waals surface area contributed by atoms with Crippen LogP contribution in [0.25, 0.3) is 0 Å². The van der Waals surface area contributed by atoms with Crippen LogP contribution in [-0.2, 0) is 13.0 Å². The summed E-state index contributed by atoms with van der Waals surface area (Å²) < 4.78 is 0. The van der Waals surface area contributed by atoms with Crippen LogP contribution in [0.1, 0.15) is 39.3 Å². The number of benzene rings is 1. The van der Waals surface area contributed by atoms with Gasteiger partial charge in [-0.25, -0.2) is 0 Å². The Morgan fingerprint density at radius 2 is 2.10 bits per heavy atom. The molecule has 3 rings (SSSR count). The normalized spacial score (nSPS) is 18.8. The SMILES string of the molecule is C[C@H]1c2ccsc2CCN1Cc1ccc(C(N)=O)cc1. The van der Waals surface area contributed by atoms with Crippen LogP contribution in [-0.4, -0.2) is 17.4 Å². The standard InChI is InChI=1S/C16H18N2OS/c1-11-14-7-9-20-15(14)6-8-18(11)10-12-2-4-13(5-3-12)16(17)19/h2-5,7,9,11H,6,8,10H2,1H3,(H2,17,19)/t11-/m0/s1. The fourth-order valence-corrected chi connectivity index (χ4v) is 3.75. The number of nitrogens with two attached hydrogens (primary N) is 1. The van der Waals surface area contributed by atoms with E-state index in [0.717, 1.165) is 19.5 Å². The number of rotatable bonds is 3. The van der Waals surface area contributed by atoms with Crippen molar-refractivity contribution in [2.75, 3.05) is 6.54 Å². The lowest BCUT2D eigenvalue weighted by Crippen LogP contribution is -2.32. The van der Waals surface area contributed by atoms with Gasteiger partial charge < -0.3 is 5.73 Å². The number of carbonyl (C=O) groups is 1. The second-order valence-corrected chi connectivity index (χ2v) is 6.26. The van der Waals surface area contributed by atoms with Gasteiger partial charge in [0.2, 0.25) is 5.91 Å². The van der Waals surface area contributed by atoms with E-state index >= 15 is 0 Å². The molecule has 0 aliphatic carbocycles. The van der Waals surface area contributed by atoms with E-state index < -0.39 is 0 Å². The van der Waals surface area contributed by atoms with Gasteiger partial charge in [0, 0.05) is 29.6 Å². The summed E-state index contributed by atoms with van der Waals surface area (Å²) in [7, 11) is 0. The van der Waals surface area contributed by atoms with Crippen molar-refractivity contribution >= 4 is 17.2 Å². The third kappa shape index (κ3) is 2.49. The molecule has 1 amide bonds. The van der Waals surface area contributed by atoms with Crippen molar-refractivity contribution in [3.63, 3.8) is 0 Å². The molecule has 0 bridgehead atoms. The highest BCUT2D eigenvalue weighted by Crippen LogP contribution is 2.33. The summed E-state index contributed by atoms with van der Waals surface area (Å²) in [6, 6.07) is 10.3. The number of hydrogen-bond donors (Lipinski definition) is 1. The Morgan fingerprint density at radius 1 is 1.35 bits per heavy atom. The third-order valence-corrected chi connectivity index (χ3v) is 5.02. The lowest BCUT2D eigenvalue weighted by Gasteiger charge is -2.33. The van der Waals surface area contributed by atoms with Gasteiger partial charge in [0.1, 0.15) is 0 Å². The minimum absolute atomic E-state index is 0.370. The largest absolute Gasteiger partial charge is 0.366 e. The van der Waals surface area contributed by atoms with Gasteiger partial charge >= 0.3 is 0 Å². The second-order valence-electron chi connectivity index (χ2n) is 5.26. The molecule has 0 saturated carbocycles. The van der Waals surface area contributed by atoms with E-state index in [-0.39, 0.29) is 5.91 Å². The molecule has 1 aliphatic heterocycles. The smallest absolute Gasteiger partial charge is 0.248 e. The number of amides is 1. The summed E-state index contributed by atoms with van der Waals surface area (Å²) in [6.45, 7) is 4.27. The van der Waals surface area contributed by atoms with Crippen LogP contribution >= 0.6 is 11.3 Å². The Hall–Kier alpha value is -1.65. The van der Waals surface area contributed by atoms with E-state index in [2.05, 4.69) is 23.3 Å². The van der Waals surface area contributed by atoms with Crippen molar-refractivity contribution in [3.8, 4) is 0 Å². The summed E-state index contributed by atoms with van der Waals surface area (Å²) in [4.78, 5) is 15.1. The highest BCUT2D eigenvalue weighted by Gasteiger charge is 2.24. The summed E-state index contributed by atoms with van der Waals surface area (Å²) >= 11 is 1.86. The number of fused-ring (bicyclic) bond motifs is 1. The summed E-state index contributed by atoms with van der Waals surface area (Å²) in [5.74, 6) is -0.370. The first kappa shape index (κ1) is 13.3. The van der Waals surface area contributed by atoms with Gasteiger partial charge in [-0.3, -0.25) is 9.69 Å². The quantitative estimate of drug-likeness (QED) is 0.943. The Bertz CT molecular complexity index is 618. The third-order valence-electron chi connectivity index (χ3n) is 4.03. The molecule has 1 aliphatic rings. The zero-order chi connectivity index (χ0) is 14.1. The van der Waals surface area contributed by atoms with E-state index in [1.807, 2.05) is 35.6 Å². The molecule has 20 heavy (non-hydrogen) atoms. The molecule has 3 nitrogen and oxygen atoms in total. The molecule has 0 radical (unpaired) electrons. The molecule has 0 fully saturated rings. The summed E-state index contributed by atoms with van der Waals surface area (Å²) in [5.41, 5.74) is 8.52. The average Bonchev–Trinajstić information content (AvgIpc) is 2.92. The van der Waals surface area contributed by atoms with Gasteiger partial charge in [-0.05, 0) is 48.1 Å². The Labute approximate surface area is 123 Å². The number of thiophene rings is 1. The predicted molar refractivity (Wildman–Crippen MR) is 81.8 cm³/mol. The Balaban J connectivity index is 1.74. The number of hydrogen-bond acceptors (Lipinski definition) is 3. The molecule has 104 valence electrons. The van der Waals surface area contributed by atoms with Crippen LogP contribution < -0.4 is 5.73 Å². The zero-order valence-electron chi connectivity index (χ0n) is 11.5. The maximum Gasteiger partial charge on any atom is 0.248 e. The Morgan fingerprint density at radius 3 is 2.80 bits per heavy atom. The lowest BCUT2D eigenvalue weighted by atomic mass is 10.0. The van der Waals surface area contributed by atoms with E-state index in [4.69, 9.17) is 5.73 Å². The summed E-state index contributed by atoms with van der Waals surface area (Å²) in [6.07, 6.45) is 1.14. The average molecular weight is 286 g/mol. The predicted octanol–water partition coefficient (Wildman–Crippen LogP) is 2.97. The fraction of sp³-hybridized carbons (Fsp3) is 0.312. The maximum atomic E-state index is 11.1. The summed E-state index contributed by atoms with van der Waals surface area (Å²) in [5, 5.41) is 2.19. The number of carbonyl (C=O) groups excluding carboxylic acids is 1. The van der Waals surface area contributed by atoms with Crippen molar-refractivity contribution in [2.24, 2.45) is 5.73 Å². The van der Waals surface area contributed by atoms with Crippen LogP contribution in [0.4, 0.5) is 0 Å². The monoisotopic (exact) mass is 286 g/mol. The number of primary amides is 1. The van der Waals surface area contributed by atoms with E-state index in [1.54, 1.807) is 0 Å². The molecule has 1 atom stereocenters. The molecule has 1 aromatic heterocycles. The van der Waals surface area contributed by atoms with E-state index in [1.165, 1.54) is 16.0 Å². The molecule has 2 N–H and O–H groups in total. The van der Waals surface area contributed by atoms with Crippen LogP contribution in [0.2, 0.25) is 0 Å². The highest BCUT2D eigenvalue weighted by molar-refractivity contribution is 7.10. The lowest BCUT2D eigenvalue weighted by molar-refractivity contribution is 0.1000. The van der Waals surface area contributed by atoms with Gasteiger partial charge in [-0.15, -0.1) is 11.3 Å². The minimum Gasteiger partial charge on any atom is -0.366 e. The van der Waals surface area contributed by atoms with Crippen molar-refractivity contribution in [2.45, 2.75) is 25.9 Å². The molecule has 0 unspecified atom stereocenters. The molecule has 0 saturated heterocycles. The van der Waals surface area contributed by atoms with Crippen molar-refractivity contribution < 1.29 is 4.79 Å². The minimum atomic E-state index is -0.370. The number of nitrogens with zero attached hydrogens (tertiary/aromatic N) is 1. The van der Waals surface area contributed by atoms with E-state index in [9.17, 15) is 4.79 Å². The van der Waals surface area contributed by atoms with E-state index in [0.29, 0.717) is 11.6 Å². The topological polar surface area (TPSA) is 46.3 Å². The van der Waals surface area contributed by atoms with Gasteiger partial charge in [-0.2, -0.15) is 0 Å². The maximum absolute atomic E-state index is 11.1. The second kappa shape index (κ2) is 5.38. The van der Waals surface area contributed by atoms with Crippen LogP contribution in [0, 0.1) is 0 Å². The van der Waals surface area contributed by atoms with Crippen LogP contribution in [0.3, 0.4) is 0 Å². The van der Waals surface area contributed by atoms with Crippen LogP contribution in [0.15, 0.2) is 35.7 Å². The molecule has 2 heterocycles. The first-order valence-electron chi connectivity index (χ1n) is 6.84. The van der Waals surface area contributed by atoms with Crippen LogP contribution in [0.5, 0.6) is 0 Å². The highest BCUT2D eigenvalue weighted by atomic mass is 32.1.